The predicted molar refractivity (Wildman–Crippen MR) is 50.0 cm³/mol. The molecule has 0 bridgehead atoms. The smallest absolute Gasteiger partial charge is 0.0928 e. The van der Waals surface area contributed by atoms with Crippen molar-refractivity contribution in [2.24, 2.45) is 0 Å². The molecule has 0 radical (unpaired) electrons. The maximum atomic E-state index is 8.33. The maximum Gasteiger partial charge on any atom is 0.0928 e. The molecule has 0 aliphatic carbocycles. The number of aromatic nitrogens is 1. The first-order valence-corrected chi connectivity index (χ1v) is 5.05. The standard InChI is InChI=1S/C9H12N2S/c1-2-8-7-12-9(11-8)5-3-4-6-10/h7H,2-5H2,1H3. The van der Waals surface area contributed by atoms with Gasteiger partial charge in [0.2, 0.25) is 0 Å². The van der Waals surface area contributed by atoms with Crippen LogP contribution in [-0.4, -0.2) is 4.98 Å². The highest BCUT2D eigenvalue weighted by molar-refractivity contribution is 7.09. The van der Waals surface area contributed by atoms with Crippen LogP contribution in [0.15, 0.2) is 5.38 Å². The Morgan fingerprint density at radius 1 is 1.67 bits per heavy atom. The molecule has 2 nitrogen and oxygen atoms in total. The number of rotatable bonds is 4. The molecule has 0 amide bonds. The second-order valence-electron chi connectivity index (χ2n) is 2.60. The first kappa shape index (κ1) is 9.21. The highest BCUT2D eigenvalue weighted by atomic mass is 32.1. The van der Waals surface area contributed by atoms with Crippen LogP contribution in [-0.2, 0) is 12.8 Å². The van der Waals surface area contributed by atoms with E-state index in [1.807, 2.05) is 0 Å². The van der Waals surface area contributed by atoms with Crippen LogP contribution >= 0.6 is 11.3 Å². The van der Waals surface area contributed by atoms with Gasteiger partial charge in [-0.3, -0.25) is 0 Å². The van der Waals surface area contributed by atoms with Crippen LogP contribution in [0.1, 0.15) is 30.5 Å². The summed E-state index contributed by atoms with van der Waals surface area (Å²) in [7, 11) is 0. The molecule has 0 atom stereocenters. The Labute approximate surface area is 76.9 Å². The van der Waals surface area contributed by atoms with Crippen molar-refractivity contribution in [1.29, 1.82) is 5.26 Å². The van der Waals surface area contributed by atoms with Gasteiger partial charge in [-0.2, -0.15) is 5.26 Å². The van der Waals surface area contributed by atoms with Gasteiger partial charge in [0.05, 0.1) is 16.8 Å². The molecule has 0 saturated carbocycles. The zero-order valence-corrected chi connectivity index (χ0v) is 8.02. The molecular weight excluding hydrogens is 168 g/mol. The number of unbranched alkanes of at least 4 members (excludes halogenated alkanes) is 1. The molecule has 0 aromatic carbocycles. The van der Waals surface area contributed by atoms with Crippen molar-refractivity contribution in [3.63, 3.8) is 0 Å². The number of aryl methyl sites for hydroxylation is 2. The first-order valence-electron chi connectivity index (χ1n) is 4.17. The van der Waals surface area contributed by atoms with Gasteiger partial charge >= 0.3 is 0 Å². The Hall–Kier alpha value is -0.880. The third-order valence-corrected chi connectivity index (χ3v) is 2.60. The van der Waals surface area contributed by atoms with E-state index in [0.717, 1.165) is 19.3 Å². The SMILES string of the molecule is CCc1csc(CCCC#N)n1. The van der Waals surface area contributed by atoms with Gasteiger partial charge in [0, 0.05) is 18.2 Å². The second-order valence-corrected chi connectivity index (χ2v) is 3.54. The molecule has 64 valence electrons. The molecule has 0 N–H and O–H groups in total. The molecular formula is C9H12N2S. The summed E-state index contributed by atoms with van der Waals surface area (Å²) >= 11 is 1.70. The average molecular weight is 180 g/mol. The van der Waals surface area contributed by atoms with Crippen molar-refractivity contribution in [3.05, 3.63) is 16.1 Å². The van der Waals surface area contributed by atoms with Crippen LogP contribution in [0.4, 0.5) is 0 Å². The minimum atomic E-state index is 0.640. The van der Waals surface area contributed by atoms with E-state index in [4.69, 9.17) is 5.26 Å². The number of thiazole rings is 1. The molecule has 1 heterocycles. The molecule has 0 aliphatic rings. The first-order chi connectivity index (χ1) is 5.86. The summed E-state index contributed by atoms with van der Waals surface area (Å²) in [6.07, 6.45) is 3.54. The predicted octanol–water partition coefficient (Wildman–Crippen LogP) is 2.55. The molecule has 3 heteroatoms. The zero-order chi connectivity index (χ0) is 8.81. The normalized spacial score (nSPS) is 9.67. The van der Waals surface area contributed by atoms with Gasteiger partial charge in [-0.15, -0.1) is 11.3 Å². The Morgan fingerprint density at radius 3 is 3.08 bits per heavy atom. The van der Waals surface area contributed by atoms with Gasteiger partial charge in [-0.05, 0) is 12.8 Å². The number of nitriles is 1. The third-order valence-electron chi connectivity index (χ3n) is 1.64. The quantitative estimate of drug-likeness (QED) is 0.668. The lowest BCUT2D eigenvalue weighted by Gasteiger charge is -1.89. The maximum absolute atomic E-state index is 8.33. The summed E-state index contributed by atoms with van der Waals surface area (Å²) in [6.45, 7) is 2.11. The molecule has 1 rings (SSSR count). The molecule has 12 heavy (non-hydrogen) atoms. The van der Waals surface area contributed by atoms with Gasteiger partial charge in [-0.1, -0.05) is 6.92 Å². The third kappa shape index (κ3) is 2.63. The lowest BCUT2D eigenvalue weighted by atomic mass is 10.2. The average Bonchev–Trinajstić information content (AvgIpc) is 2.53. The Kier molecular flexibility index (Phi) is 3.75. The monoisotopic (exact) mass is 180 g/mol. The summed E-state index contributed by atoms with van der Waals surface area (Å²) in [4.78, 5) is 4.41. The van der Waals surface area contributed by atoms with Gasteiger partial charge in [0.15, 0.2) is 0 Å². The Bertz CT molecular complexity index is 272. The van der Waals surface area contributed by atoms with E-state index >= 15 is 0 Å². The summed E-state index contributed by atoms with van der Waals surface area (Å²) in [5.41, 5.74) is 1.17. The van der Waals surface area contributed by atoms with E-state index in [0.29, 0.717) is 6.42 Å². The topological polar surface area (TPSA) is 36.7 Å². The van der Waals surface area contributed by atoms with E-state index in [9.17, 15) is 0 Å². The number of hydrogen-bond donors (Lipinski definition) is 0. The van der Waals surface area contributed by atoms with Gasteiger partial charge in [-0.25, -0.2) is 4.98 Å². The molecule has 0 fully saturated rings. The minimum Gasteiger partial charge on any atom is -0.246 e. The van der Waals surface area contributed by atoms with Gasteiger partial charge in [0.1, 0.15) is 0 Å². The minimum absolute atomic E-state index is 0.640. The van der Waals surface area contributed by atoms with Gasteiger partial charge < -0.3 is 0 Å². The van der Waals surface area contributed by atoms with E-state index in [1.165, 1.54) is 10.7 Å². The van der Waals surface area contributed by atoms with Crippen LogP contribution in [0, 0.1) is 11.3 Å². The summed E-state index contributed by atoms with van der Waals surface area (Å²) in [5, 5.41) is 11.6. The fourth-order valence-electron chi connectivity index (χ4n) is 0.945. The van der Waals surface area contributed by atoms with Crippen LogP contribution < -0.4 is 0 Å². The summed E-state index contributed by atoms with van der Waals surface area (Å²) in [6, 6.07) is 2.14. The highest BCUT2D eigenvalue weighted by Gasteiger charge is 1.99. The van der Waals surface area contributed by atoms with Crippen molar-refractivity contribution < 1.29 is 0 Å². The van der Waals surface area contributed by atoms with E-state index < -0.39 is 0 Å². The number of hydrogen-bond acceptors (Lipinski definition) is 3. The fourth-order valence-corrected chi connectivity index (χ4v) is 1.87. The van der Waals surface area contributed by atoms with Crippen molar-refractivity contribution in [2.45, 2.75) is 32.6 Å². The van der Waals surface area contributed by atoms with Gasteiger partial charge in [0.25, 0.3) is 0 Å². The van der Waals surface area contributed by atoms with Crippen LogP contribution in [0.5, 0.6) is 0 Å². The summed E-state index contributed by atoms with van der Waals surface area (Å²) in [5.74, 6) is 0. The molecule has 1 aromatic heterocycles. The van der Waals surface area contributed by atoms with Crippen LogP contribution in [0.2, 0.25) is 0 Å². The van der Waals surface area contributed by atoms with E-state index in [2.05, 4.69) is 23.4 Å². The molecule has 0 spiro atoms. The zero-order valence-electron chi connectivity index (χ0n) is 7.21. The van der Waals surface area contributed by atoms with Crippen LogP contribution in [0.3, 0.4) is 0 Å². The largest absolute Gasteiger partial charge is 0.246 e. The van der Waals surface area contributed by atoms with Crippen molar-refractivity contribution in [1.82, 2.24) is 4.98 Å². The molecule has 1 aromatic rings. The highest BCUT2D eigenvalue weighted by Crippen LogP contribution is 2.12. The fraction of sp³-hybridized carbons (Fsp3) is 0.556. The lowest BCUT2D eigenvalue weighted by molar-refractivity contribution is 0.835. The number of nitrogens with zero attached hydrogens (tertiary/aromatic N) is 2. The van der Waals surface area contributed by atoms with Crippen molar-refractivity contribution in [3.8, 4) is 6.07 Å². The van der Waals surface area contributed by atoms with Crippen molar-refractivity contribution >= 4 is 11.3 Å². The molecule has 0 saturated heterocycles. The Morgan fingerprint density at radius 2 is 2.50 bits per heavy atom. The van der Waals surface area contributed by atoms with E-state index in [1.54, 1.807) is 11.3 Å². The van der Waals surface area contributed by atoms with Crippen molar-refractivity contribution in [2.75, 3.05) is 0 Å². The Balaban J connectivity index is 2.37. The van der Waals surface area contributed by atoms with Crippen LogP contribution in [0.25, 0.3) is 0 Å². The second kappa shape index (κ2) is 4.89. The lowest BCUT2D eigenvalue weighted by Crippen LogP contribution is -1.85. The summed E-state index contributed by atoms with van der Waals surface area (Å²) < 4.78 is 0. The molecule has 0 aliphatic heterocycles. The van der Waals surface area contributed by atoms with E-state index in [-0.39, 0.29) is 0 Å². The molecule has 0 unspecified atom stereocenters.